The molecule has 3 saturated heterocycles. The van der Waals surface area contributed by atoms with Gasteiger partial charge in [0.2, 0.25) is 17.7 Å². The quantitative estimate of drug-likeness (QED) is 0.138. The average Bonchev–Trinajstić information content (AvgIpc) is 3.70. The van der Waals surface area contributed by atoms with E-state index in [1.165, 1.54) is 12.3 Å². The van der Waals surface area contributed by atoms with Gasteiger partial charge in [0.25, 0.3) is 0 Å². The monoisotopic (exact) mass is 590 g/mol. The molecule has 0 saturated carbocycles. The highest BCUT2D eigenvalue weighted by Gasteiger charge is 2.42. The molecule has 1 unspecified atom stereocenters. The number of aliphatic hydroxyl groups is 1. The lowest BCUT2D eigenvalue weighted by atomic mass is 9.90. The fraction of sp³-hybridized carbons (Fsp3) is 0.714. The number of ketones is 1. The summed E-state index contributed by atoms with van der Waals surface area (Å²) >= 11 is 1.88. The Morgan fingerprint density at radius 2 is 1.80 bits per heavy atom. The predicted molar refractivity (Wildman–Crippen MR) is 155 cm³/mol. The Morgan fingerprint density at radius 1 is 1.05 bits per heavy atom. The minimum Gasteiger partial charge on any atom is -0.389 e. The Kier molecular flexibility index (Phi) is 11.6. The van der Waals surface area contributed by atoms with Crippen molar-refractivity contribution in [3.8, 4) is 0 Å². The molecule has 5 N–H and O–H groups in total. The van der Waals surface area contributed by atoms with Crippen LogP contribution in [-0.2, 0) is 19.2 Å². The topological polar surface area (TPSA) is 169 Å². The first-order valence-corrected chi connectivity index (χ1v) is 15.8. The molecule has 0 radical (unpaired) electrons. The van der Waals surface area contributed by atoms with E-state index in [-0.39, 0.29) is 42.3 Å². The first-order valence-electron chi connectivity index (χ1n) is 14.8. The molecule has 0 aromatic carbocycles. The van der Waals surface area contributed by atoms with E-state index in [1.54, 1.807) is 4.90 Å². The third kappa shape index (κ3) is 8.78. The van der Waals surface area contributed by atoms with E-state index < -0.39 is 23.8 Å². The lowest BCUT2D eigenvalue weighted by Crippen LogP contribution is -2.56. The lowest BCUT2D eigenvalue weighted by molar-refractivity contribution is -0.140. The van der Waals surface area contributed by atoms with Gasteiger partial charge >= 0.3 is 6.03 Å². The molecule has 12 nitrogen and oxygen atoms in total. The molecule has 13 heteroatoms. The van der Waals surface area contributed by atoms with Crippen LogP contribution in [0.3, 0.4) is 0 Å². The number of hydrogen-bond donors (Lipinski definition) is 5. The molecule has 5 amide bonds. The number of nitrogens with one attached hydrogen (secondary N) is 4. The molecule has 0 aromatic rings. The van der Waals surface area contributed by atoms with Crippen molar-refractivity contribution in [1.29, 1.82) is 0 Å². The van der Waals surface area contributed by atoms with Crippen LogP contribution in [0.4, 0.5) is 4.79 Å². The average molecular weight is 591 g/mol. The molecular formula is C28H42N6O6S. The standard InChI is InChI=1S/C28H42N6O6S/c35-20-16-29-13-11-18(20)26(38)25(27(39)34-14-6-7-15-34)32-23(37)10-2-1-5-12-30-22(36)9-4-3-8-21-24-19(17-41-21)31-28(40)33-24/h11,13,16,18-19,21,24-26,38H,1-10,12,14-15,17H2,(H,30,36)(H,32,37)(H2,31,33,40)/t18?,19-,21-,24-,25+,26-/m0/s1. The zero-order chi connectivity index (χ0) is 29.2. The highest BCUT2D eigenvalue weighted by molar-refractivity contribution is 8.00. The zero-order valence-electron chi connectivity index (χ0n) is 23.4. The molecule has 4 aliphatic heterocycles. The summed E-state index contributed by atoms with van der Waals surface area (Å²) in [7, 11) is 0. The maximum atomic E-state index is 13.1. The molecule has 0 aromatic heterocycles. The number of urea groups is 1. The number of carbonyl (C=O) groups is 5. The summed E-state index contributed by atoms with van der Waals surface area (Å²) in [6.07, 6.45) is 9.73. The van der Waals surface area contributed by atoms with E-state index in [1.807, 2.05) is 11.8 Å². The van der Waals surface area contributed by atoms with Gasteiger partial charge in [0.1, 0.15) is 6.04 Å². The number of fused-ring (bicyclic) bond motifs is 1. The first-order chi connectivity index (χ1) is 19.8. The van der Waals surface area contributed by atoms with E-state index in [0.717, 1.165) is 56.9 Å². The molecule has 0 aliphatic carbocycles. The van der Waals surface area contributed by atoms with E-state index >= 15 is 0 Å². The van der Waals surface area contributed by atoms with Crippen LogP contribution in [0, 0.1) is 5.92 Å². The van der Waals surface area contributed by atoms with Gasteiger partial charge in [0.15, 0.2) is 5.78 Å². The van der Waals surface area contributed by atoms with Crippen molar-refractivity contribution >= 4 is 47.5 Å². The Labute approximate surface area is 244 Å². The van der Waals surface area contributed by atoms with Crippen molar-refractivity contribution in [3.63, 3.8) is 0 Å². The molecule has 4 rings (SSSR count). The minimum absolute atomic E-state index is 0.0177. The van der Waals surface area contributed by atoms with Crippen LogP contribution >= 0.6 is 11.8 Å². The van der Waals surface area contributed by atoms with Crippen molar-refractivity contribution in [2.75, 3.05) is 25.4 Å². The second-order valence-corrected chi connectivity index (χ2v) is 12.4. The van der Waals surface area contributed by atoms with Crippen LogP contribution in [0.2, 0.25) is 0 Å². The third-order valence-corrected chi connectivity index (χ3v) is 9.61. The van der Waals surface area contributed by atoms with E-state index in [2.05, 4.69) is 26.3 Å². The maximum absolute atomic E-state index is 13.1. The van der Waals surface area contributed by atoms with Crippen molar-refractivity contribution < 1.29 is 29.1 Å². The number of nitrogens with zero attached hydrogens (tertiary/aromatic N) is 2. The summed E-state index contributed by atoms with van der Waals surface area (Å²) in [5.74, 6) is -1.12. The van der Waals surface area contributed by atoms with Gasteiger partial charge in [0.05, 0.1) is 30.3 Å². The third-order valence-electron chi connectivity index (χ3n) is 8.10. The number of likely N-dealkylation sites (tertiary alicyclic amines) is 1. The minimum atomic E-state index is -1.38. The first kappa shape index (κ1) is 31.0. The number of aliphatic imine (C=N–C) groups is 1. The van der Waals surface area contributed by atoms with Gasteiger partial charge in [-0.05, 0) is 38.5 Å². The number of aliphatic hydroxyl groups excluding tert-OH is 1. The van der Waals surface area contributed by atoms with Crippen molar-refractivity contribution in [2.24, 2.45) is 10.9 Å². The number of carbonyl (C=O) groups excluding carboxylic acids is 5. The lowest BCUT2D eigenvalue weighted by Gasteiger charge is -2.30. The number of Topliss-reactive ketones (excluding diaryl/α,β-unsaturated/α-hetero) is 1. The van der Waals surface area contributed by atoms with Gasteiger partial charge in [-0.15, -0.1) is 0 Å². The largest absolute Gasteiger partial charge is 0.389 e. The second-order valence-electron chi connectivity index (χ2n) is 11.1. The molecule has 4 heterocycles. The molecule has 3 fully saturated rings. The summed E-state index contributed by atoms with van der Waals surface area (Å²) in [5.41, 5.74) is 0. The van der Waals surface area contributed by atoms with E-state index in [0.29, 0.717) is 37.7 Å². The Hall–Kier alpha value is -2.93. The van der Waals surface area contributed by atoms with Crippen LogP contribution < -0.4 is 21.3 Å². The number of unbranched alkanes of at least 4 members (excludes halogenated alkanes) is 3. The molecule has 4 aliphatic rings. The fourth-order valence-corrected chi connectivity index (χ4v) is 7.32. The molecule has 6 atom stereocenters. The Morgan fingerprint density at radius 3 is 2.59 bits per heavy atom. The Bertz CT molecular complexity index is 1030. The zero-order valence-corrected chi connectivity index (χ0v) is 24.2. The van der Waals surface area contributed by atoms with Crippen molar-refractivity contribution in [2.45, 2.75) is 93.7 Å². The summed E-state index contributed by atoms with van der Waals surface area (Å²) < 4.78 is 0. The van der Waals surface area contributed by atoms with E-state index in [4.69, 9.17) is 0 Å². The number of rotatable bonds is 15. The van der Waals surface area contributed by atoms with Gasteiger partial charge in [-0.2, -0.15) is 11.8 Å². The molecular weight excluding hydrogens is 548 g/mol. The number of amides is 5. The van der Waals surface area contributed by atoms with Crippen LogP contribution in [-0.4, -0.2) is 101 Å². The summed E-state index contributed by atoms with van der Waals surface area (Å²) in [5, 5.41) is 22.8. The highest BCUT2D eigenvalue weighted by Crippen LogP contribution is 2.33. The van der Waals surface area contributed by atoms with Crippen LogP contribution in [0.15, 0.2) is 17.3 Å². The number of hydrogen-bond acceptors (Lipinski definition) is 8. The summed E-state index contributed by atoms with van der Waals surface area (Å²) in [6, 6.07) is -0.871. The van der Waals surface area contributed by atoms with Crippen molar-refractivity contribution in [3.05, 3.63) is 12.3 Å². The SMILES string of the molecule is O=C(CCCC[C@@H]1SC[C@@H]2NC(=O)N[C@@H]21)NCCCCCC(=O)N[C@@H](C(=O)N1CCCC1)[C@@H](O)C1C=CN=CC1=O. The molecule has 0 spiro atoms. The van der Waals surface area contributed by atoms with Gasteiger partial charge in [0, 0.05) is 49.7 Å². The van der Waals surface area contributed by atoms with Gasteiger partial charge in [-0.1, -0.05) is 18.9 Å². The smallest absolute Gasteiger partial charge is 0.315 e. The fourth-order valence-electron chi connectivity index (χ4n) is 5.78. The Balaban J connectivity index is 1.08. The van der Waals surface area contributed by atoms with Crippen LogP contribution in [0.25, 0.3) is 0 Å². The van der Waals surface area contributed by atoms with E-state index in [9.17, 15) is 29.1 Å². The van der Waals surface area contributed by atoms with Gasteiger partial charge in [-0.3, -0.25) is 24.2 Å². The van der Waals surface area contributed by atoms with Crippen LogP contribution in [0.1, 0.15) is 64.2 Å². The van der Waals surface area contributed by atoms with Crippen LogP contribution in [0.5, 0.6) is 0 Å². The second kappa shape index (κ2) is 15.3. The van der Waals surface area contributed by atoms with Gasteiger partial charge in [-0.25, -0.2) is 4.79 Å². The number of thioether (sulfide) groups is 1. The normalized spacial score (nSPS) is 26.3. The molecule has 41 heavy (non-hydrogen) atoms. The van der Waals surface area contributed by atoms with Gasteiger partial charge < -0.3 is 31.3 Å². The molecule has 226 valence electrons. The maximum Gasteiger partial charge on any atom is 0.315 e. The van der Waals surface area contributed by atoms with Crippen molar-refractivity contribution in [1.82, 2.24) is 26.2 Å². The highest BCUT2D eigenvalue weighted by atomic mass is 32.2. The molecule has 0 bridgehead atoms. The predicted octanol–water partition coefficient (Wildman–Crippen LogP) is 0.640. The summed E-state index contributed by atoms with van der Waals surface area (Å²) in [4.78, 5) is 67.0. The summed E-state index contributed by atoms with van der Waals surface area (Å²) in [6.45, 7) is 1.67.